The summed E-state index contributed by atoms with van der Waals surface area (Å²) < 4.78 is 13.3. The van der Waals surface area contributed by atoms with Gasteiger partial charge in [0.2, 0.25) is 0 Å². The lowest BCUT2D eigenvalue weighted by molar-refractivity contribution is 0.464. The summed E-state index contributed by atoms with van der Waals surface area (Å²) >= 11 is 0. The number of fused-ring (bicyclic) bond motifs is 4. The van der Waals surface area contributed by atoms with Crippen LogP contribution in [0.1, 0.15) is 38.8 Å². The molecule has 0 spiro atoms. The van der Waals surface area contributed by atoms with Crippen molar-refractivity contribution in [3.8, 4) is 45.5 Å². The fourth-order valence-corrected chi connectivity index (χ4v) is 8.91. The van der Waals surface area contributed by atoms with E-state index in [0.717, 1.165) is 109 Å². The lowest BCUT2D eigenvalue weighted by atomic mass is 9.35. The molecule has 0 bridgehead atoms. The molecule has 4 aliphatic heterocycles. The van der Waals surface area contributed by atoms with E-state index in [0.29, 0.717) is 0 Å². The summed E-state index contributed by atoms with van der Waals surface area (Å²) in [5.41, 5.74) is 10.8. The monoisotopic (exact) mass is 768 g/mol. The normalized spacial score (nSPS) is 16.6. The number of hydrogen-bond donors (Lipinski definition) is 0. The molecule has 0 N–H and O–H groups in total. The van der Waals surface area contributed by atoms with Gasteiger partial charge in [0.1, 0.15) is 34.7 Å². The Morgan fingerprint density at radius 3 is 1.34 bits per heavy atom. The highest BCUT2D eigenvalue weighted by atomic mass is 16.5. The second-order valence-electron chi connectivity index (χ2n) is 17.0. The van der Waals surface area contributed by atoms with Crippen LogP contribution in [0.3, 0.4) is 0 Å². The van der Waals surface area contributed by atoms with Crippen LogP contribution >= 0.6 is 0 Å². The maximum absolute atomic E-state index is 6.63. The number of hydrogen-bond acceptors (Lipinski definition) is 8. The lowest BCUT2D eigenvalue weighted by Crippen LogP contribution is -2.57. The number of ether oxygens (including phenoxy) is 2. The van der Waals surface area contributed by atoms with Crippen molar-refractivity contribution in [2.45, 2.75) is 38.8 Å². The zero-order valence-corrected chi connectivity index (χ0v) is 33.4. The molecule has 59 heavy (non-hydrogen) atoms. The number of para-hydroxylation sites is 2. The Hall–Kier alpha value is -7.00. The summed E-state index contributed by atoms with van der Waals surface area (Å²) in [5.74, 6) is 5.12. The predicted octanol–water partition coefficient (Wildman–Crippen LogP) is 8.63. The number of benzene rings is 5. The van der Waals surface area contributed by atoms with Crippen LogP contribution in [0, 0.1) is 0 Å². The van der Waals surface area contributed by atoms with Crippen LogP contribution < -0.4 is 35.7 Å². The van der Waals surface area contributed by atoms with Crippen LogP contribution in [0.5, 0.6) is 23.0 Å². The number of anilines is 2. The van der Waals surface area contributed by atoms with Gasteiger partial charge in [0, 0.05) is 64.6 Å². The molecule has 5 aromatic carbocycles. The Morgan fingerprint density at radius 2 is 0.915 bits per heavy atom. The van der Waals surface area contributed by atoms with Crippen LogP contribution in [0.2, 0.25) is 0 Å². The molecule has 0 saturated carbocycles. The van der Waals surface area contributed by atoms with Crippen LogP contribution in [-0.4, -0.2) is 52.5 Å². The fourth-order valence-electron chi connectivity index (χ4n) is 8.91. The third-order valence-electron chi connectivity index (χ3n) is 11.6. The zero-order chi connectivity index (χ0) is 39.9. The van der Waals surface area contributed by atoms with Crippen LogP contribution in [0.4, 0.5) is 11.4 Å². The number of pyridine rings is 2. The first-order valence-electron chi connectivity index (χ1n) is 20.2. The summed E-state index contributed by atoms with van der Waals surface area (Å²) in [7, 11) is 0. The predicted molar refractivity (Wildman–Crippen MR) is 239 cm³/mol. The molecule has 286 valence electrons. The Bertz CT molecular complexity index is 2650. The number of rotatable bonds is 6. The summed E-state index contributed by atoms with van der Waals surface area (Å²) in [4.78, 5) is 24.7. The van der Waals surface area contributed by atoms with E-state index in [9.17, 15) is 0 Å². The van der Waals surface area contributed by atoms with Crippen molar-refractivity contribution in [3.05, 3.63) is 163 Å². The molecule has 0 saturated heterocycles. The van der Waals surface area contributed by atoms with Gasteiger partial charge in [-0.2, -0.15) is 0 Å². The maximum atomic E-state index is 6.63. The van der Waals surface area contributed by atoms with E-state index >= 15 is 0 Å². The molecule has 11 rings (SSSR count). The average molecular weight is 769 g/mol. The van der Waals surface area contributed by atoms with Crippen molar-refractivity contribution < 1.29 is 9.47 Å². The molecule has 0 radical (unpaired) electrons. The van der Waals surface area contributed by atoms with Crippen molar-refractivity contribution in [1.82, 2.24) is 9.97 Å². The summed E-state index contributed by atoms with van der Waals surface area (Å²) in [6.07, 6.45) is 3.87. The third-order valence-corrected chi connectivity index (χ3v) is 11.6. The van der Waals surface area contributed by atoms with Gasteiger partial charge in [-0.1, -0.05) is 66.7 Å². The number of amidine groups is 2. The Balaban J connectivity index is 0.890. The van der Waals surface area contributed by atoms with E-state index in [4.69, 9.17) is 29.4 Å². The van der Waals surface area contributed by atoms with Crippen molar-refractivity contribution in [2.24, 2.45) is 9.98 Å². The molecular weight excluding hydrogens is 727 g/mol. The highest BCUT2D eigenvalue weighted by Crippen LogP contribution is 2.38. The van der Waals surface area contributed by atoms with Gasteiger partial charge in [0.15, 0.2) is 0 Å². The number of aromatic nitrogens is 2. The molecule has 4 aliphatic rings. The fraction of sp³-hybridized carbons (Fsp3) is 0.160. The van der Waals surface area contributed by atoms with Gasteiger partial charge in [-0.05, 0) is 111 Å². The number of nitrogens with zero attached hydrogens (tertiary/aromatic N) is 6. The van der Waals surface area contributed by atoms with E-state index in [1.807, 2.05) is 42.7 Å². The summed E-state index contributed by atoms with van der Waals surface area (Å²) in [6.45, 7) is 10.3. The molecule has 8 nitrogen and oxygen atoms in total. The molecule has 6 heterocycles. The van der Waals surface area contributed by atoms with E-state index in [1.165, 1.54) is 0 Å². The highest BCUT2D eigenvalue weighted by molar-refractivity contribution is 6.98. The molecule has 7 aromatic rings. The Kier molecular flexibility index (Phi) is 7.92. The van der Waals surface area contributed by atoms with Gasteiger partial charge in [-0.25, -0.2) is 0 Å². The largest absolute Gasteiger partial charge is 0.458 e. The van der Waals surface area contributed by atoms with Crippen LogP contribution in [0.25, 0.3) is 22.5 Å². The second-order valence-corrected chi connectivity index (χ2v) is 17.0. The minimum Gasteiger partial charge on any atom is -0.458 e. The van der Waals surface area contributed by atoms with Gasteiger partial charge in [0.25, 0.3) is 6.71 Å². The van der Waals surface area contributed by atoms with E-state index in [1.54, 1.807) is 0 Å². The summed E-state index contributed by atoms with van der Waals surface area (Å²) in [5, 5.41) is 0. The standard InChI is InChI=1S/C50H41BN6O2/c1-49(2)30-56(36-12-7-5-8-13-36)47(54-49)34-20-24-40(52-28-34)32-18-22-38-44(26-32)58-42-16-11-17-43-46(42)51(38)39-23-19-33(27-45(39)59-43)41-25-21-35(29-53-41)48-55-50(3,4)31-57(48)37-14-9-6-10-15-37/h5-29H,30-31H2,1-4H3. The van der Waals surface area contributed by atoms with Gasteiger partial charge >= 0.3 is 0 Å². The SMILES string of the molecule is CC1(C)CN(c2ccccc2)C(c2ccc(-c3ccc4c(c3)Oc3cccc5c3B4c3ccc(-c4ccc(C6=NC(C)(C)CN6c6ccccc6)cn4)cc3O5)nc2)=N1. The van der Waals surface area contributed by atoms with Gasteiger partial charge in [-0.3, -0.25) is 20.0 Å². The first-order chi connectivity index (χ1) is 28.7. The minimum atomic E-state index is -0.197. The molecule has 9 heteroatoms. The van der Waals surface area contributed by atoms with E-state index in [2.05, 4.69) is 147 Å². The van der Waals surface area contributed by atoms with Crippen molar-refractivity contribution in [1.29, 1.82) is 0 Å². The van der Waals surface area contributed by atoms with Gasteiger partial charge < -0.3 is 19.3 Å². The second kappa shape index (κ2) is 13.3. The first-order valence-corrected chi connectivity index (χ1v) is 20.2. The van der Waals surface area contributed by atoms with Crippen molar-refractivity contribution >= 4 is 46.1 Å². The molecule has 2 aromatic heterocycles. The first kappa shape index (κ1) is 35.2. The topological polar surface area (TPSA) is 75.4 Å². The minimum absolute atomic E-state index is 0.0529. The van der Waals surface area contributed by atoms with Gasteiger partial charge in [0.05, 0.1) is 22.5 Å². The smallest absolute Gasteiger partial charge is 0.260 e. The maximum Gasteiger partial charge on any atom is 0.260 e. The van der Waals surface area contributed by atoms with Crippen LogP contribution in [0.15, 0.2) is 162 Å². The molecule has 0 atom stereocenters. The highest BCUT2D eigenvalue weighted by Gasteiger charge is 2.40. The number of aliphatic imine (C=N–C) groups is 2. The molecule has 0 unspecified atom stereocenters. The Labute approximate surface area is 344 Å². The molecule has 0 amide bonds. The zero-order valence-electron chi connectivity index (χ0n) is 33.4. The third kappa shape index (κ3) is 6.16. The summed E-state index contributed by atoms with van der Waals surface area (Å²) in [6, 6.07) is 48.2. The average Bonchev–Trinajstić information content (AvgIpc) is 3.78. The van der Waals surface area contributed by atoms with Crippen molar-refractivity contribution in [2.75, 3.05) is 22.9 Å². The van der Waals surface area contributed by atoms with E-state index < -0.39 is 0 Å². The van der Waals surface area contributed by atoms with Gasteiger partial charge in [-0.15, -0.1) is 0 Å². The van der Waals surface area contributed by atoms with Crippen molar-refractivity contribution in [3.63, 3.8) is 0 Å². The van der Waals surface area contributed by atoms with E-state index in [-0.39, 0.29) is 17.8 Å². The molecule has 0 fully saturated rings. The van der Waals surface area contributed by atoms with Crippen LogP contribution in [-0.2, 0) is 0 Å². The molecule has 0 aliphatic carbocycles. The quantitative estimate of drug-likeness (QED) is 0.158. The molecular formula is C50H41BN6O2. The lowest BCUT2D eigenvalue weighted by Gasteiger charge is -2.33. The Morgan fingerprint density at radius 1 is 0.475 bits per heavy atom.